The quantitative estimate of drug-likeness (QED) is 0.438. The van der Waals surface area contributed by atoms with Gasteiger partial charge in [0.15, 0.2) is 0 Å². The minimum Gasteiger partial charge on any atom is -0.325 e. The van der Waals surface area contributed by atoms with Crippen LogP contribution in [-0.4, -0.2) is 11.9 Å². The molecule has 0 heterocycles. The second-order valence-corrected chi connectivity index (χ2v) is 1.57. The average molecular weight is 176 g/mol. The summed E-state index contributed by atoms with van der Waals surface area (Å²) in [5.74, 6) is -1.14. The van der Waals surface area contributed by atoms with Crippen LogP contribution in [0.25, 0.3) is 0 Å². The van der Waals surface area contributed by atoms with Crippen LogP contribution in [0.2, 0.25) is 0 Å². The maximum atomic E-state index is 10.1. The van der Waals surface area contributed by atoms with E-state index >= 15 is 0 Å². The molecule has 0 spiro atoms. The van der Waals surface area contributed by atoms with Crippen LogP contribution in [0.5, 0.6) is 0 Å². The van der Waals surface area contributed by atoms with Gasteiger partial charge in [-0.05, 0) is 10.4 Å². The van der Waals surface area contributed by atoms with Crippen molar-refractivity contribution >= 4 is 11.9 Å². The maximum absolute atomic E-state index is 10.1. The Morgan fingerprint density at radius 2 is 1.33 bits per heavy atom. The van der Waals surface area contributed by atoms with E-state index < -0.39 is 11.9 Å². The Balaban J connectivity index is 3.26. The standard InChI is InChI=1S/C4H8N4O4/c1-3(9)11-7-5-6-8-12-4(2)10/h1-2H3,(H,6,7)(H,5,8). The molecule has 0 aliphatic heterocycles. The number of carbonyl (C=O) groups excluding carboxylic acids is 2. The lowest BCUT2D eigenvalue weighted by atomic mass is 10.8. The zero-order valence-electron chi connectivity index (χ0n) is 6.53. The zero-order valence-corrected chi connectivity index (χ0v) is 6.53. The summed E-state index contributed by atoms with van der Waals surface area (Å²) in [6.07, 6.45) is 0. The highest BCUT2D eigenvalue weighted by atomic mass is 16.7. The van der Waals surface area contributed by atoms with Crippen LogP contribution in [0.15, 0.2) is 10.4 Å². The van der Waals surface area contributed by atoms with E-state index in [9.17, 15) is 9.59 Å². The summed E-state index contributed by atoms with van der Waals surface area (Å²) in [5, 5.41) is 6.05. The third kappa shape index (κ3) is 8.14. The van der Waals surface area contributed by atoms with E-state index in [-0.39, 0.29) is 0 Å². The van der Waals surface area contributed by atoms with Crippen LogP contribution >= 0.6 is 0 Å². The Hall–Kier alpha value is -1.86. The first-order chi connectivity index (χ1) is 5.63. The molecular formula is C4H8N4O4. The van der Waals surface area contributed by atoms with Gasteiger partial charge >= 0.3 is 11.9 Å². The Morgan fingerprint density at radius 1 is 1.00 bits per heavy atom. The van der Waals surface area contributed by atoms with Crippen LogP contribution in [0, 0.1) is 0 Å². The summed E-state index contributed by atoms with van der Waals surface area (Å²) in [6.45, 7) is 2.37. The minimum atomic E-state index is -0.568. The Kier molecular flexibility index (Phi) is 4.98. The van der Waals surface area contributed by atoms with E-state index in [0.717, 1.165) is 0 Å². The first-order valence-electron chi connectivity index (χ1n) is 2.87. The van der Waals surface area contributed by atoms with Gasteiger partial charge in [-0.1, -0.05) is 0 Å². The van der Waals surface area contributed by atoms with Gasteiger partial charge in [-0.2, -0.15) is 0 Å². The summed E-state index contributed by atoms with van der Waals surface area (Å²) in [4.78, 5) is 28.4. The molecule has 0 rings (SSSR count). The number of nitrogens with zero attached hydrogens (tertiary/aromatic N) is 2. The molecule has 0 saturated carbocycles. The van der Waals surface area contributed by atoms with Crippen LogP contribution in [-0.2, 0) is 19.3 Å². The Bertz CT molecular complexity index is 171. The Morgan fingerprint density at radius 3 is 1.58 bits per heavy atom. The topological polar surface area (TPSA) is 101 Å². The van der Waals surface area contributed by atoms with E-state index in [4.69, 9.17) is 0 Å². The zero-order chi connectivity index (χ0) is 9.40. The lowest BCUT2D eigenvalue weighted by molar-refractivity contribution is -0.152. The molecule has 0 aliphatic rings. The molecule has 0 aromatic rings. The van der Waals surface area contributed by atoms with Gasteiger partial charge in [0.05, 0.1) is 0 Å². The molecule has 68 valence electrons. The minimum absolute atomic E-state index is 0.568. The van der Waals surface area contributed by atoms with Crippen molar-refractivity contribution in [3.05, 3.63) is 0 Å². The predicted molar refractivity (Wildman–Crippen MR) is 34.7 cm³/mol. The molecule has 8 nitrogen and oxygen atoms in total. The van der Waals surface area contributed by atoms with Gasteiger partial charge < -0.3 is 9.68 Å². The van der Waals surface area contributed by atoms with Crippen LogP contribution in [0.1, 0.15) is 13.8 Å². The predicted octanol–water partition coefficient (Wildman–Crippen LogP) is -0.596. The molecule has 0 aromatic carbocycles. The second-order valence-electron chi connectivity index (χ2n) is 1.57. The van der Waals surface area contributed by atoms with E-state index in [0.29, 0.717) is 0 Å². The summed E-state index contributed by atoms with van der Waals surface area (Å²) >= 11 is 0. The van der Waals surface area contributed by atoms with Gasteiger partial charge in [0.25, 0.3) is 0 Å². The van der Waals surface area contributed by atoms with E-state index in [1.807, 2.05) is 11.2 Å². The first kappa shape index (κ1) is 10.1. The number of nitrogens with one attached hydrogen (secondary N) is 2. The fraction of sp³-hybridized carbons (Fsp3) is 0.500. The first-order valence-corrected chi connectivity index (χ1v) is 2.87. The SMILES string of the molecule is CC(=O)ON/N=N/NOC(C)=O. The van der Waals surface area contributed by atoms with E-state index in [1.165, 1.54) is 13.8 Å². The summed E-state index contributed by atoms with van der Waals surface area (Å²) in [6, 6.07) is 0. The maximum Gasteiger partial charge on any atom is 0.331 e. The highest BCUT2D eigenvalue weighted by Gasteiger charge is 1.88. The fourth-order valence-corrected chi connectivity index (χ4v) is 0.210. The monoisotopic (exact) mass is 176 g/mol. The van der Waals surface area contributed by atoms with E-state index in [1.54, 1.807) is 0 Å². The number of rotatable bonds is 4. The molecule has 0 fully saturated rings. The summed E-state index contributed by atoms with van der Waals surface area (Å²) in [5.41, 5.74) is 3.63. The molecule has 0 unspecified atom stereocenters. The summed E-state index contributed by atoms with van der Waals surface area (Å²) in [7, 11) is 0. The molecule has 0 atom stereocenters. The lowest BCUT2D eigenvalue weighted by Crippen LogP contribution is -2.14. The molecule has 0 bridgehead atoms. The molecule has 8 heteroatoms. The molecular weight excluding hydrogens is 168 g/mol. The number of hydrogen-bond donors (Lipinski definition) is 2. The van der Waals surface area contributed by atoms with Crippen LogP contribution in [0.4, 0.5) is 0 Å². The van der Waals surface area contributed by atoms with Crippen molar-refractivity contribution in [2.45, 2.75) is 13.8 Å². The van der Waals surface area contributed by atoms with Crippen LogP contribution in [0.3, 0.4) is 0 Å². The average Bonchev–Trinajstić information content (AvgIpc) is 1.95. The van der Waals surface area contributed by atoms with Crippen molar-refractivity contribution < 1.29 is 19.3 Å². The number of carbonyl (C=O) groups is 2. The fourth-order valence-electron chi connectivity index (χ4n) is 0.210. The molecule has 0 saturated heterocycles. The molecule has 0 radical (unpaired) electrons. The highest BCUT2D eigenvalue weighted by molar-refractivity contribution is 5.65. The van der Waals surface area contributed by atoms with Gasteiger partial charge in [0.1, 0.15) is 0 Å². The van der Waals surface area contributed by atoms with Crippen molar-refractivity contribution in [3.8, 4) is 0 Å². The van der Waals surface area contributed by atoms with Crippen molar-refractivity contribution in [2.24, 2.45) is 10.4 Å². The van der Waals surface area contributed by atoms with Gasteiger partial charge in [-0.3, -0.25) is 0 Å². The summed E-state index contributed by atoms with van der Waals surface area (Å²) < 4.78 is 0. The van der Waals surface area contributed by atoms with Crippen molar-refractivity contribution in [1.29, 1.82) is 0 Å². The van der Waals surface area contributed by atoms with Gasteiger partial charge in [-0.15, -0.1) is 11.2 Å². The van der Waals surface area contributed by atoms with Gasteiger partial charge in [0.2, 0.25) is 0 Å². The van der Waals surface area contributed by atoms with Gasteiger partial charge in [0, 0.05) is 13.8 Å². The van der Waals surface area contributed by atoms with E-state index in [2.05, 4.69) is 20.1 Å². The molecule has 12 heavy (non-hydrogen) atoms. The number of hydrogen-bond acceptors (Lipinski definition) is 6. The Labute approximate surface area is 67.8 Å². The molecule has 0 amide bonds. The smallest absolute Gasteiger partial charge is 0.325 e. The van der Waals surface area contributed by atoms with Crippen molar-refractivity contribution in [3.63, 3.8) is 0 Å². The second kappa shape index (κ2) is 5.89. The van der Waals surface area contributed by atoms with Crippen molar-refractivity contribution in [2.75, 3.05) is 0 Å². The van der Waals surface area contributed by atoms with Gasteiger partial charge in [-0.25, -0.2) is 9.59 Å². The van der Waals surface area contributed by atoms with Crippen LogP contribution < -0.4 is 11.2 Å². The lowest BCUT2D eigenvalue weighted by Gasteiger charge is -1.96. The molecule has 0 aliphatic carbocycles. The molecule has 2 N–H and O–H groups in total. The largest absolute Gasteiger partial charge is 0.331 e. The third-order valence-electron chi connectivity index (χ3n) is 0.510. The molecule has 0 aromatic heterocycles. The normalized spacial score (nSPS) is 9.17. The van der Waals surface area contributed by atoms with Crippen molar-refractivity contribution in [1.82, 2.24) is 11.2 Å². The highest BCUT2D eigenvalue weighted by Crippen LogP contribution is 1.71. The third-order valence-corrected chi connectivity index (χ3v) is 0.510.